The molecule has 1 N–H and O–H groups in total. The van der Waals surface area contributed by atoms with Crippen LogP contribution in [0.25, 0.3) is 0 Å². The molecule has 1 fully saturated rings. The van der Waals surface area contributed by atoms with Crippen molar-refractivity contribution in [2.24, 2.45) is 5.41 Å². The van der Waals surface area contributed by atoms with E-state index >= 15 is 0 Å². The van der Waals surface area contributed by atoms with Crippen LogP contribution in [0.2, 0.25) is 0 Å². The lowest BCUT2D eigenvalue weighted by Crippen LogP contribution is -2.21. The fraction of sp³-hybridized carbons (Fsp3) is 0.462. The van der Waals surface area contributed by atoms with E-state index in [1.54, 1.807) is 0 Å². The number of carboxylic acids is 1. The fourth-order valence-electron chi connectivity index (χ4n) is 2.34. The molecule has 7 heteroatoms. The molecule has 0 aliphatic heterocycles. The lowest BCUT2D eigenvalue weighted by Gasteiger charge is -2.13. The quantitative estimate of drug-likeness (QED) is 0.874. The third-order valence-electron chi connectivity index (χ3n) is 3.32. The highest BCUT2D eigenvalue weighted by Crippen LogP contribution is 2.50. The second kappa shape index (κ2) is 5.12. The number of hydrogen-bond acceptors (Lipinski definition) is 3. The summed E-state index contributed by atoms with van der Waals surface area (Å²) in [5.74, 6) is -3.44. The maximum Gasteiger partial charge on any atom is 0.303 e. The second-order valence-corrected chi connectivity index (χ2v) is 7.44. The van der Waals surface area contributed by atoms with Gasteiger partial charge in [-0.1, -0.05) is 0 Å². The molecule has 1 aliphatic rings. The molecule has 1 saturated carbocycles. The highest BCUT2D eigenvalue weighted by molar-refractivity contribution is 7.90. The summed E-state index contributed by atoms with van der Waals surface area (Å²) in [6.45, 7) is 0. The van der Waals surface area contributed by atoms with Crippen molar-refractivity contribution >= 4 is 15.8 Å². The number of benzene rings is 1. The Balaban J connectivity index is 2.10. The van der Waals surface area contributed by atoms with E-state index < -0.39 is 38.6 Å². The highest BCUT2D eigenvalue weighted by atomic mass is 32.2. The minimum absolute atomic E-state index is 0.0358. The van der Waals surface area contributed by atoms with Gasteiger partial charge in [0.15, 0.2) is 9.84 Å². The standard InChI is InChI=1S/C13H14F2O4S/c14-10-3-9(4-11(15)5-10)7-20(18,19)8-13(1-2-13)6-12(16)17/h3-5H,1-2,6-8H2,(H,16,17). The van der Waals surface area contributed by atoms with Gasteiger partial charge in [-0.15, -0.1) is 0 Å². The van der Waals surface area contributed by atoms with Crippen LogP contribution in [0, 0.1) is 17.0 Å². The van der Waals surface area contributed by atoms with E-state index in [1.807, 2.05) is 0 Å². The SMILES string of the molecule is O=C(O)CC1(CS(=O)(=O)Cc2cc(F)cc(F)c2)CC1. The van der Waals surface area contributed by atoms with E-state index in [-0.39, 0.29) is 17.7 Å². The Morgan fingerprint density at radius 1 is 1.20 bits per heavy atom. The summed E-state index contributed by atoms with van der Waals surface area (Å²) in [5.41, 5.74) is -0.662. The number of rotatable bonds is 6. The van der Waals surface area contributed by atoms with Crippen LogP contribution in [0.1, 0.15) is 24.8 Å². The molecule has 1 aromatic carbocycles. The van der Waals surface area contributed by atoms with Gasteiger partial charge in [-0.3, -0.25) is 4.79 Å². The van der Waals surface area contributed by atoms with Crippen LogP contribution in [0.3, 0.4) is 0 Å². The number of aliphatic carboxylic acids is 1. The molecule has 1 aliphatic carbocycles. The zero-order chi connectivity index (χ0) is 15.0. The number of hydrogen-bond donors (Lipinski definition) is 1. The topological polar surface area (TPSA) is 71.4 Å². The summed E-state index contributed by atoms with van der Waals surface area (Å²) in [4.78, 5) is 10.7. The summed E-state index contributed by atoms with van der Waals surface area (Å²) in [6, 6.07) is 2.61. The van der Waals surface area contributed by atoms with Crippen LogP contribution >= 0.6 is 0 Å². The van der Waals surface area contributed by atoms with Crippen LogP contribution in [0.15, 0.2) is 18.2 Å². The lowest BCUT2D eigenvalue weighted by atomic mass is 10.1. The van der Waals surface area contributed by atoms with Crippen molar-refractivity contribution < 1.29 is 27.1 Å². The minimum atomic E-state index is -3.61. The Hall–Kier alpha value is -1.50. The molecule has 0 radical (unpaired) electrons. The first-order valence-corrected chi connectivity index (χ1v) is 7.89. The van der Waals surface area contributed by atoms with Gasteiger partial charge in [-0.05, 0) is 36.0 Å². The predicted octanol–water partition coefficient (Wildman–Crippen LogP) is 2.13. The Kier molecular flexibility index (Phi) is 3.82. The van der Waals surface area contributed by atoms with Crippen LogP contribution in [-0.4, -0.2) is 25.2 Å². The zero-order valence-corrected chi connectivity index (χ0v) is 11.4. The number of halogens is 2. The number of carboxylic acid groups (broad SMARTS) is 1. The third kappa shape index (κ3) is 4.00. The van der Waals surface area contributed by atoms with Crippen molar-refractivity contribution in [2.75, 3.05) is 5.75 Å². The second-order valence-electron chi connectivity index (χ2n) is 5.38. The van der Waals surface area contributed by atoms with Gasteiger partial charge in [-0.2, -0.15) is 0 Å². The first kappa shape index (κ1) is 14.9. The third-order valence-corrected chi connectivity index (χ3v) is 5.14. The van der Waals surface area contributed by atoms with Crippen molar-refractivity contribution in [1.29, 1.82) is 0 Å². The molecule has 4 nitrogen and oxygen atoms in total. The summed E-state index contributed by atoms with van der Waals surface area (Å²) >= 11 is 0. The molecular formula is C13H14F2O4S. The summed E-state index contributed by atoms with van der Waals surface area (Å²) in [5, 5.41) is 8.75. The Morgan fingerprint density at radius 3 is 2.20 bits per heavy atom. The molecule has 0 saturated heterocycles. The summed E-state index contributed by atoms with van der Waals surface area (Å²) in [7, 11) is -3.61. The molecule has 0 amide bonds. The first-order valence-electron chi connectivity index (χ1n) is 6.07. The van der Waals surface area contributed by atoms with E-state index in [0.29, 0.717) is 18.9 Å². The highest BCUT2D eigenvalue weighted by Gasteiger charge is 2.47. The van der Waals surface area contributed by atoms with Gasteiger partial charge in [0.05, 0.1) is 17.9 Å². The zero-order valence-electron chi connectivity index (χ0n) is 10.6. The molecule has 0 bridgehead atoms. The molecule has 20 heavy (non-hydrogen) atoms. The van der Waals surface area contributed by atoms with Crippen molar-refractivity contribution in [3.8, 4) is 0 Å². The van der Waals surface area contributed by atoms with Crippen LogP contribution in [-0.2, 0) is 20.4 Å². The van der Waals surface area contributed by atoms with Gasteiger partial charge >= 0.3 is 5.97 Å². The van der Waals surface area contributed by atoms with Gasteiger partial charge in [0.2, 0.25) is 0 Å². The molecule has 0 unspecified atom stereocenters. The molecule has 0 aromatic heterocycles. The average Bonchev–Trinajstić information content (AvgIpc) is 2.91. The molecular weight excluding hydrogens is 290 g/mol. The van der Waals surface area contributed by atoms with E-state index in [9.17, 15) is 22.0 Å². The molecule has 0 spiro atoms. The fourth-order valence-corrected chi connectivity index (χ4v) is 4.44. The predicted molar refractivity (Wildman–Crippen MR) is 67.8 cm³/mol. The Labute approximate surface area is 115 Å². The number of carbonyl (C=O) groups is 1. The summed E-state index contributed by atoms with van der Waals surface area (Å²) < 4.78 is 50.1. The average molecular weight is 304 g/mol. The van der Waals surface area contributed by atoms with Crippen molar-refractivity contribution in [3.05, 3.63) is 35.4 Å². The lowest BCUT2D eigenvalue weighted by molar-refractivity contribution is -0.138. The normalized spacial score (nSPS) is 16.9. The number of sulfone groups is 1. The van der Waals surface area contributed by atoms with Gasteiger partial charge < -0.3 is 5.11 Å². The maximum absolute atomic E-state index is 13.0. The van der Waals surface area contributed by atoms with E-state index in [1.165, 1.54) is 0 Å². The van der Waals surface area contributed by atoms with Crippen molar-refractivity contribution in [1.82, 2.24) is 0 Å². The largest absolute Gasteiger partial charge is 0.481 e. The smallest absolute Gasteiger partial charge is 0.303 e. The Bertz CT molecular complexity index is 616. The van der Waals surface area contributed by atoms with Gasteiger partial charge in [0.25, 0.3) is 0 Å². The van der Waals surface area contributed by atoms with Crippen LogP contribution in [0.4, 0.5) is 8.78 Å². The van der Waals surface area contributed by atoms with Crippen molar-refractivity contribution in [3.63, 3.8) is 0 Å². The van der Waals surface area contributed by atoms with E-state index in [2.05, 4.69) is 0 Å². The van der Waals surface area contributed by atoms with E-state index in [4.69, 9.17) is 5.11 Å². The van der Waals surface area contributed by atoms with Gasteiger partial charge in [0, 0.05) is 6.07 Å². The van der Waals surface area contributed by atoms with E-state index in [0.717, 1.165) is 12.1 Å². The van der Waals surface area contributed by atoms with Crippen molar-refractivity contribution in [2.45, 2.75) is 25.0 Å². The van der Waals surface area contributed by atoms with Crippen LogP contribution < -0.4 is 0 Å². The monoisotopic (exact) mass is 304 g/mol. The molecule has 2 rings (SSSR count). The molecule has 0 heterocycles. The minimum Gasteiger partial charge on any atom is -0.481 e. The maximum atomic E-state index is 13.0. The van der Waals surface area contributed by atoms with Gasteiger partial charge in [-0.25, -0.2) is 17.2 Å². The first-order chi connectivity index (χ1) is 9.20. The summed E-state index contributed by atoms with van der Waals surface area (Å²) in [6.07, 6.45) is 0.913. The van der Waals surface area contributed by atoms with Crippen LogP contribution in [0.5, 0.6) is 0 Å². The van der Waals surface area contributed by atoms with Gasteiger partial charge in [0.1, 0.15) is 11.6 Å². The molecule has 1 aromatic rings. The Morgan fingerprint density at radius 2 is 1.75 bits per heavy atom. The molecule has 0 atom stereocenters. The molecule has 110 valence electrons.